The smallest absolute Gasteiger partial charge is 0.0638 e. The Morgan fingerprint density at radius 1 is 1.47 bits per heavy atom. The second-order valence-electron chi connectivity index (χ2n) is 4.32. The highest BCUT2D eigenvalue weighted by Gasteiger charge is 2.19. The summed E-state index contributed by atoms with van der Waals surface area (Å²) < 4.78 is 1.87. The monoisotopic (exact) mass is 208 g/mol. The average Bonchev–Trinajstić information content (AvgIpc) is 2.94. The molecule has 1 aliphatic carbocycles. The molecule has 0 radical (unpaired) electrons. The van der Waals surface area contributed by atoms with Gasteiger partial charge in [-0.05, 0) is 19.8 Å². The molecule has 0 atom stereocenters. The van der Waals surface area contributed by atoms with Gasteiger partial charge in [-0.25, -0.2) is 0 Å². The first-order valence-corrected chi connectivity index (χ1v) is 5.69. The van der Waals surface area contributed by atoms with Crippen molar-refractivity contribution in [3.05, 3.63) is 17.5 Å². The molecule has 4 nitrogen and oxygen atoms in total. The molecular weight excluding hydrogens is 188 g/mol. The van der Waals surface area contributed by atoms with Gasteiger partial charge in [0.15, 0.2) is 0 Å². The summed E-state index contributed by atoms with van der Waals surface area (Å²) in [6.07, 6.45) is 4.81. The Hall–Kier alpha value is -0.870. The molecule has 84 valence electrons. The van der Waals surface area contributed by atoms with Crippen LogP contribution in [0.2, 0.25) is 0 Å². The first-order chi connectivity index (χ1) is 7.25. The third-order valence-corrected chi connectivity index (χ3v) is 2.74. The van der Waals surface area contributed by atoms with E-state index in [1.165, 1.54) is 18.4 Å². The lowest BCUT2D eigenvalue weighted by Crippen LogP contribution is -2.28. The van der Waals surface area contributed by atoms with Gasteiger partial charge in [0.05, 0.1) is 5.69 Å². The van der Waals surface area contributed by atoms with Gasteiger partial charge in [0.1, 0.15) is 0 Å². The summed E-state index contributed by atoms with van der Waals surface area (Å²) in [5, 5.41) is 11.2. The standard InChI is InChI=1S/C11H20N4/c1-9-10(8-15(2)14-9)7-12-5-6-13-11-3-4-11/h8,11-13H,3-7H2,1-2H3. The van der Waals surface area contributed by atoms with Crippen LogP contribution < -0.4 is 10.6 Å². The predicted octanol–water partition coefficient (Wildman–Crippen LogP) is 0.570. The third kappa shape index (κ3) is 3.32. The van der Waals surface area contributed by atoms with Crippen LogP contribution in [-0.4, -0.2) is 28.9 Å². The lowest BCUT2D eigenvalue weighted by atomic mass is 10.2. The zero-order chi connectivity index (χ0) is 10.7. The van der Waals surface area contributed by atoms with E-state index < -0.39 is 0 Å². The maximum Gasteiger partial charge on any atom is 0.0638 e. The van der Waals surface area contributed by atoms with Crippen LogP contribution in [0.4, 0.5) is 0 Å². The van der Waals surface area contributed by atoms with E-state index in [1.807, 2.05) is 11.7 Å². The van der Waals surface area contributed by atoms with E-state index in [1.54, 1.807) is 0 Å². The summed E-state index contributed by atoms with van der Waals surface area (Å²) in [7, 11) is 1.96. The van der Waals surface area contributed by atoms with Crippen molar-refractivity contribution < 1.29 is 0 Å². The Morgan fingerprint density at radius 3 is 2.87 bits per heavy atom. The first-order valence-electron chi connectivity index (χ1n) is 5.69. The molecule has 2 N–H and O–H groups in total. The van der Waals surface area contributed by atoms with Gasteiger partial charge >= 0.3 is 0 Å². The van der Waals surface area contributed by atoms with Crippen molar-refractivity contribution in [3.8, 4) is 0 Å². The second-order valence-corrected chi connectivity index (χ2v) is 4.32. The largest absolute Gasteiger partial charge is 0.313 e. The fourth-order valence-corrected chi connectivity index (χ4v) is 1.70. The van der Waals surface area contributed by atoms with Crippen molar-refractivity contribution in [1.29, 1.82) is 0 Å². The number of hydrogen-bond donors (Lipinski definition) is 2. The molecule has 0 bridgehead atoms. The SMILES string of the molecule is Cc1nn(C)cc1CNCCNC1CC1. The van der Waals surface area contributed by atoms with Crippen LogP contribution in [0.25, 0.3) is 0 Å². The van der Waals surface area contributed by atoms with E-state index in [0.29, 0.717) is 0 Å². The summed E-state index contributed by atoms with van der Waals surface area (Å²) >= 11 is 0. The molecule has 0 unspecified atom stereocenters. The first kappa shape index (κ1) is 10.6. The molecule has 0 saturated heterocycles. The molecule has 2 rings (SSSR count). The minimum atomic E-state index is 0.812. The van der Waals surface area contributed by atoms with Crippen molar-refractivity contribution >= 4 is 0 Å². The van der Waals surface area contributed by atoms with Crippen molar-refractivity contribution in [3.63, 3.8) is 0 Å². The number of hydrogen-bond acceptors (Lipinski definition) is 3. The highest BCUT2D eigenvalue weighted by molar-refractivity contribution is 5.14. The fraction of sp³-hybridized carbons (Fsp3) is 0.727. The van der Waals surface area contributed by atoms with Crippen LogP contribution in [0.1, 0.15) is 24.1 Å². The van der Waals surface area contributed by atoms with E-state index in [9.17, 15) is 0 Å². The van der Waals surface area contributed by atoms with Crippen molar-refractivity contribution in [1.82, 2.24) is 20.4 Å². The Balaban J connectivity index is 1.62. The predicted molar refractivity (Wildman–Crippen MR) is 60.7 cm³/mol. The maximum absolute atomic E-state index is 4.31. The topological polar surface area (TPSA) is 41.9 Å². The van der Waals surface area contributed by atoms with E-state index in [-0.39, 0.29) is 0 Å². The highest BCUT2D eigenvalue weighted by atomic mass is 15.2. The van der Waals surface area contributed by atoms with Gasteiger partial charge < -0.3 is 10.6 Å². The van der Waals surface area contributed by atoms with E-state index in [2.05, 4.69) is 28.9 Å². The van der Waals surface area contributed by atoms with Gasteiger partial charge in [-0.3, -0.25) is 4.68 Å². The third-order valence-electron chi connectivity index (χ3n) is 2.74. The second kappa shape index (κ2) is 4.77. The summed E-state index contributed by atoms with van der Waals surface area (Å²) in [6, 6.07) is 0.812. The van der Waals surface area contributed by atoms with Crippen molar-refractivity contribution in [2.45, 2.75) is 32.4 Å². The molecule has 1 fully saturated rings. The summed E-state index contributed by atoms with van der Waals surface area (Å²) in [5.74, 6) is 0. The number of nitrogens with zero attached hydrogens (tertiary/aromatic N) is 2. The Morgan fingerprint density at radius 2 is 2.27 bits per heavy atom. The van der Waals surface area contributed by atoms with Gasteiger partial charge in [0, 0.05) is 44.5 Å². The maximum atomic E-state index is 4.31. The average molecular weight is 208 g/mol. The lowest BCUT2D eigenvalue weighted by Gasteiger charge is -2.04. The van der Waals surface area contributed by atoms with E-state index >= 15 is 0 Å². The fourth-order valence-electron chi connectivity index (χ4n) is 1.70. The van der Waals surface area contributed by atoms with E-state index in [4.69, 9.17) is 0 Å². The zero-order valence-corrected chi connectivity index (χ0v) is 9.58. The van der Waals surface area contributed by atoms with Crippen LogP contribution in [0.3, 0.4) is 0 Å². The quantitative estimate of drug-likeness (QED) is 0.672. The van der Waals surface area contributed by atoms with Crippen LogP contribution in [-0.2, 0) is 13.6 Å². The summed E-state index contributed by atoms with van der Waals surface area (Å²) in [5.41, 5.74) is 2.42. The molecule has 1 heterocycles. The number of aryl methyl sites for hydroxylation is 2. The van der Waals surface area contributed by atoms with Gasteiger partial charge in [0.25, 0.3) is 0 Å². The highest BCUT2D eigenvalue weighted by Crippen LogP contribution is 2.17. The molecule has 4 heteroatoms. The number of rotatable bonds is 6. The molecular formula is C11H20N4. The van der Waals surface area contributed by atoms with Crippen LogP contribution >= 0.6 is 0 Å². The molecule has 0 spiro atoms. The molecule has 1 saturated carbocycles. The number of nitrogens with one attached hydrogen (secondary N) is 2. The lowest BCUT2D eigenvalue weighted by molar-refractivity contribution is 0.607. The molecule has 1 aliphatic rings. The molecule has 1 aromatic rings. The zero-order valence-electron chi connectivity index (χ0n) is 9.58. The molecule has 0 aromatic carbocycles. The normalized spacial score (nSPS) is 15.9. The van der Waals surface area contributed by atoms with Crippen molar-refractivity contribution in [2.75, 3.05) is 13.1 Å². The van der Waals surface area contributed by atoms with Gasteiger partial charge in [-0.2, -0.15) is 5.10 Å². The molecule has 15 heavy (non-hydrogen) atoms. The molecule has 0 amide bonds. The summed E-state index contributed by atoms with van der Waals surface area (Å²) in [4.78, 5) is 0. The van der Waals surface area contributed by atoms with Crippen LogP contribution in [0.5, 0.6) is 0 Å². The molecule has 1 aromatic heterocycles. The van der Waals surface area contributed by atoms with Crippen molar-refractivity contribution in [2.24, 2.45) is 7.05 Å². The van der Waals surface area contributed by atoms with Crippen LogP contribution in [0.15, 0.2) is 6.20 Å². The molecule has 0 aliphatic heterocycles. The Bertz CT molecular complexity index is 314. The minimum Gasteiger partial charge on any atom is -0.313 e. The van der Waals surface area contributed by atoms with E-state index in [0.717, 1.165) is 31.4 Å². The summed E-state index contributed by atoms with van der Waals surface area (Å²) in [6.45, 7) is 5.08. The van der Waals surface area contributed by atoms with Gasteiger partial charge in [0.2, 0.25) is 0 Å². The van der Waals surface area contributed by atoms with Gasteiger partial charge in [-0.15, -0.1) is 0 Å². The van der Waals surface area contributed by atoms with Gasteiger partial charge in [-0.1, -0.05) is 0 Å². The van der Waals surface area contributed by atoms with Crippen LogP contribution in [0, 0.1) is 6.92 Å². The number of aromatic nitrogens is 2. The Kier molecular flexibility index (Phi) is 3.38. The minimum absolute atomic E-state index is 0.812. The Labute approximate surface area is 91.1 Å².